The quantitative estimate of drug-likeness (QED) is 0.329. The zero-order valence-electron chi connectivity index (χ0n) is 12.3. The van der Waals surface area contributed by atoms with Gasteiger partial charge in [-0.05, 0) is 31.4 Å². The summed E-state index contributed by atoms with van der Waals surface area (Å²) in [4.78, 5) is 34.9. The van der Waals surface area contributed by atoms with Gasteiger partial charge in [0.2, 0.25) is 0 Å². The average molecular weight is 349 g/mol. The molecule has 0 unspecified atom stereocenters. The fourth-order valence-electron chi connectivity index (χ4n) is 2.15. The van der Waals surface area contributed by atoms with Gasteiger partial charge >= 0.3 is 5.97 Å². The molecule has 120 valence electrons. The molecule has 0 aromatic heterocycles. The Balaban J connectivity index is 1.65. The normalized spacial score (nSPS) is 17.0. The minimum atomic E-state index is -0.364. The zero-order valence-corrected chi connectivity index (χ0v) is 13.9. The molecule has 1 aliphatic heterocycles. The van der Waals surface area contributed by atoms with E-state index >= 15 is 0 Å². The molecule has 0 fully saturated rings. The molecule has 0 aromatic carbocycles. The lowest BCUT2D eigenvalue weighted by Gasteiger charge is -2.11. The summed E-state index contributed by atoms with van der Waals surface area (Å²) in [5.41, 5.74) is 0.496. The number of ether oxygens (including phenoxy) is 1. The van der Waals surface area contributed by atoms with Gasteiger partial charge in [0.25, 0.3) is 11.8 Å². The molecule has 0 radical (unpaired) electrons. The van der Waals surface area contributed by atoms with Crippen LogP contribution in [0.4, 0.5) is 0 Å². The number of thiocarbonyl (C=S) groups is 2. The van der Waals surface area contributed by atoms with Crippen molar-refractivity contribution in [3.05, 3.63) is 35.6 Å². The van der Waals surface area contributed by atoms with Crippen molar-refractivity contribution >= 4 is 51.9 Å². The second-order valence-electron chi connectivity index (χ2n) is 5.11. The molecule has 5 nitrogen and oxygen atoms in total. The first-order chi connectivity index (χ1) is 11.0. The van der Waals surface area contributed by atoms with Crippen LogP contribution in [0.25, 0.3) is 0 Å². The summed E-state index contributed by atoms with van der Waals surface area (Å²) < 4.78 is 5.21. The maximum atomic E-state index is 11.8. The van der Waals surface area contributed by atoms with Crippen LogP contribution >= 0.6 is 24.4 Å². The molecule has 0 aromatic rings. The smallest absolute Gasteiger partial charge is 0.311 e. The molecule has 1 aliphatic carbocycles. The SMILES string of the molecule is O=C1C=C(CCCCCC(=O)OC2=CC=CC(=S)C2=S)C(=O)N1. The van der Waals surface area contributed by atoms with Crippen molar-refractivity contribution in [3.8, 4) is 0 Å². The summed E-state index contributed by atoms with van der Waals surface area (Å²) in [6, 6.07) is 0. The average Bonchev–Trinajstić information content (AvgIpc) is 2.81. The van der Waals surface area contributed by atoms with Crippen LogP contribution in [0.15, 0.2) is 35.6 Å². The van der Waals surface area contributed by atoms with Gasteiger partial charge in [-0.1, -0.05) is 36.9 Å². The zero-order chi connectivity index (χ0) is 16.8. The monoisotopic (exact) mass is 349 g/mol. The van der Waals surface area contributed by atoms with E-state index in [-0.39, 0.29) is 24.2 Å². The Bertz CT molecular complexity index is 674. The molecule has 1 heterocycles. The summed E-state index contributed by atoms with van der Waals surface area (Å²) in [5.74, 6) is -0.720. The fourth-order valence-corrected chi connectivity index (χ4v) is 2.51. The highest BCUT2D eigenvalue weighted by molar-refractivity contribution is 7.90. The fraction of sp³-hybridized carbons (Fsp3) is 0.312. The van der Waals surface area contributed by atoms with Crippen LogP contribution in [0.2, 0.25) is 0 Å². The number of carbonyl (C=O) groups is 3. The van der Waals surface area contributed by atoms with Gasteiger partial charge in [-0.15, -0.1) is 0 Å². The van der Waals surface area contributed by atoms with Crippen LogP contribution < -0.4 is 5.32 Å². The first-order valence-electron chi connectivity index (χ1n) is 7.21. The van der Waals surface area contributed by atoms with Crippen LogP contribution in [0.3, 0.4) is 0 Å². The van der Waals surface area contributed by atoms with Gasteiger partial charge in [0, 0.05) is 18.1 Å². The summed E-state index contributed by atoms with van der Waals surface area (Å²) in [6.07, 6.45) is 9.25. The molecule has 0 bridgehead atoms. The van der Waals surface area contributed by atoms with Gasteiger partial charge in [0.15, 0.2) is 0 Å². The Hall–Kier alpha value is -1.99. The number of unbranched alkanes of at least 4 members (excludes halogenated alkanes) is 2. The summed E-state index contributed by atoms with van der Waals surface area (Å²) in [6.45, 7) is 0. The first-order valence-corrected chi connectivity index (χ1v) is 8.02. The lowest BCUT2D eigenvalue weighted by Crippen LogP contribution is -2.22. The Morgan fingerprint density at radius 2 is 1.96 bits per heavy atom. The highest BCUT2D eigenvalue weighted by atomic mass is 32.1. The third-order valence-electron chi connectivity index (χ3n) is 3.33. The molecule has 23 heavy (non-hydrogen) atoms. The van der Waals surface area contributed by atoms with Gasteiger partial charge in [-0.3, -0.25) is 19.7 Å². The van der Waals surface area contributed by atoms with Crippen LogP contribution in [0.1, 0.15) is 32.1 Å². The third-order valence-corrected chi connectivity index (χ3v) is 4.22. The molecule has 0 saturated carbocycles. The highest BCUT2D eigenvalue weighted by Gasteiger charge is 2.20. The number of allylic oxidation sites excluding steroid dienone is 4. The van der Waals surface area contributed by atoms with E-state index in [1.807, 2.05) is 0 Å². The molecule has 0 saturated heterocycles. The molecule has 2 rings (SSSR count). The van der Waals surface area contributed by atoms with E-state index in [1.165, 1.54) is 6.08 Å². The molecule has 7 heteroatoms. The Morgan fingerprint density at radius 3 is 2.65 bits per heavy atom. The number of nitrogens with one attached hydrogen (secondary N) is 1. The van der Waals surface area contributed by atoms with Crippen molar-refractivity contribution < 1.29 is 19.1 Å². The van der Waals surface area contributed by atoms with E-state index in [4.69, 9.17) is 29.2 Å². The largest absolute Gasteiger partial charge is 0.425 e. The van der Waals surface area contributed by atoms with Gasteiger partial charge < -0.3 is 4.74 Å². The topological polar surface area (TPSA) is 72.5 Å². The lowest BCUT2D eigenvalue weighted by molar-refractivity contribution is -0.138. The van der Waals surface area contributed by atoms with Crippen molar-refractivity contribution in [2.45, 2.75) is 32.1 Å². The number of carbonyl (C=O) groups excluding carboxylic acids is 3. The first kappa shape index (κ1) is 17.4. The minimum Gasteiger partial charge on any atom is -0.425 e. The predicted molar refractivity (Wildman–Crippen MR) is 92.8 cm³/mol. The van der Waals surface area contributed by atoms with E-state index < -0.39 is 0 Å². The van der Waals surface area contributed by atoms with E-state index in [0.717, 1.165) is 12.8 Å². The van der Waals surface area contributed by atoms with Crippen LogP contribution in [-0.2, 0) is 19.1 Å². The molecule has 2 aliphatic rings. The molecular weight excluding hydrogens is 334 g/mol. The molecular formula is C16H15NO4S2. The van der Waals surface area contributed by atoms with Crippen molar-refractivity contribution in [3.63, 3.8) is 0 Å². The number of imide groups is 1. The summed E-state index contributed by atoms with van der Waals surface area (Å²) in [5, 5.41) is 2.20. The predicted octanol–water partition coefficient (Wildman–Crippen LogP) is 2.26. The van der Waals surface area contributed by atoms with Crippen molar-refractivity contribution in [1.29, 1.82) is 0 Å². The maximum Gasteiger partial charge on any atom is 0.311 e. The molecule has 1 N–H and O–H groups in total. The molecule has 2 amide bonds. The second-order valence-corrected chi connectivity index (χ2v) is 5.95. The van der Waals surface area contributed by atoms with E-state index in [1.54, 1.807) is 18.2 Å². The molecule has 0 spiro atoms. The van der Waals surface area contributed by atoms with Crippen LogP contribution in [0, 0.1) is 0 Å². The number of hydrogen-bond acceptors (Lipinski definition) is 6. The van der Waals surface area contributed by atoms with Crippen LogP contribution in [0.5, 0.6) is 0 Å². The van der Waals surface area contributed by atoms with E-state index in [2.05, 4.69) is 5.32 Å². The standard InChI is InChI=1S/C16H15NO4S2/c18-13-9-10(16(20)17-13)5-2-1-3-8-14(19)21-11-6-4-7-12(22)15(11)23/h4,6-7,9H,1-3,5,8H2,(H,17,18,20). The maximum absolute atomic E-state index is 11.8. The third kappa shape index (κ3) is 5.01. The van der Waals surface area contributed by atoms with Crippen molar-refractivity contribution in [1.82, 2.24) is 5.32 Å². The lowest BCUT2D eigenvalue weighted by atomic mass is 10.1. The Morgan fingerprint density at radius 1 is 1.17 bits per heavy atom. The van der Waals surface area contributed by atoms with E-state index in [9.17, 15) is 14.4 Å². The van der Waals surface area contributed by atoms with E-state index in [0.29, 0.717) is 33.9 Å². The van der Waals surface area contributed by atoms with Gasteiger partial charge in [-0.25, -0.2) is 0 Å². The minimum absolute atomic E-state index is 0.264. The molecule has 0 atom stereocenters. The van der Waals surface area contributed by atoms with Gasteiger partial charge in [0.05, 0.1) is 9.73 Å². The van der Waals surface area contributed by atoms with Crippen LogP contribution in [-0.4, -0.2) is 27.5 Å². The van der Waals surface area contributed by atoms with Gasteiger partial charge in [-0.2, -0.15) is 0 Å². The number of hydrogen-bond donors (Lipinski definition) is 1. The number of rotatable bonds is 7. The summed E-state index contributed by atoms with van der Waals surface area (Å²) in [7, 11) is 0. The van der Waals surface area contributed by atoms with Crippen molar-refractivity contribution in [2.75, 3.05) is 0 Å². The number of esters is 1. The highest BCUT2D eigenvalue weighted by Crippen LogP contribution is 2.15. The Labute approximate surface area is 144 Å². The number of amides is 2. The summed E-state index contributed by atoms with van der Waals surface area (Å²) >= 11 is 10.1. The van der Waals surface area contributed by atoms with Gasteiger partial charge in [0.1, 0.15) is 5.76 Å². The Kier molecular flexibility index (Phi) is 6.06. The van der Waals surface area contributed by atoms with Crippen molar-refractivity contribution in [2.24, 2.45) is 0 Å². The second kappa shape index (κ2) is 8.03.